The largest absolute Gasteiger partial charge is 0.507 e. The molecule has 0 spiro atoms. The molecule has 0 fully saturated rings. The van der Waals surface area contributed by atoms with Crippen LogP contribution < -0.4 is 4.72 Å². The van der Waals surface area contributed by atoms with Gasteiger partial charge in [0.1, 0.15) is 15.5 Å². The van der Waals surface area contributed by atoms with Crippen molar-refractivity contribution >= 4 is 51.7 Å². The van der Waals surface area contributed by atoms with Crippen LogP contribution in [0.4, 0.5) is 25.1 Å². The predicted molar refractivity (Wildman–Crippen MR) is 97.6 cm³/mol. The van der Waals surface area contributed by atoms with Crippen molar-refractivity contribution < 1.29 is 41.4 Å². The summed E-state index contributed by atoms with van der Waals surface area (Å²) >= 11 is 2.94. The molecule has 28 heavy (non-hydrogen) atoms. The molecule has 0 aliphatic heterocycles. The summed E-state index contributed by atoms with van der Waals surface area (Å²) in [5.74, 6) is -0.775. The first-order valence-electron chi connectivity index (χ1n) is 6.80. The van der Waals surface area contributed by atoms with E-state index in [1.54, 1.807) is 4.72 Å². The molecule has 0 atom stereocenters. The highest BCUT2D eigenvalue weighted by molar-refractivity contribution is 9.10. The fraction of sp³-hybridized carbons (Fsp3) is 0.0769. The molecule has 2 aromatic carbocycles. The van der Waals surface area contributed by atoms with E-state index in [0.717, 1.165) is 12.1 Å². The zero-order valence-electron chi connectivity index (χ0n) is 13.5. The lowest BCUT2D eigenvalue weighted by atomic mass is 10.3. The van der Waals surface area contributed by atoms with Gasteiger partial charge in [-0.3, -0.25) is 4.72 Å². The summed E-state index contributed by atoms with van der Waals surface area (Å²) in [6.45, 7) is 0. The van der Waals surface area contributed by atoms with E-state index in [1.807, 2.05) is 0 Å². The van der Waals surface area contributed by atoms with E-state index in [4.69, 9.17) is 0 Å². The Morgan fingerprint density at radius 2 is 1.54 bits per heavy atom. The second-order valence-electron chi connectivity index (χ2n) is 5.65. The maximum absolute atomic E-state index is 13.2. The van der Waals surface area contributed by atoms with Gasteiger partial charge in [-0.15, -0.1) is 0 Å². The Labute approximate surface area is 165 Å². The third-order valence-corrected chi connectivity index (χ3v) is 7.34. The van der Waals surface area contributed by atoms with Gasteiger partial charge in [-0.2, -0.15) is 0 Å². The normalized spacial score (nSPS) is 15.5. The Morgan fingerprint density at radius 1 is 0.964 bits per heavy atom. The van der Waals surface area contributed by atoms with Gasteiger partial charge in [0.15, 0.2) is 9.84 Å². The number of phenols is 1. The Bertz CT molecular complexity index is 1180. The number of phenolic OH excluding ortho intramolecular Hbond substituents is 1. The van der Waals surface area contributed by atoms with Crippen molar-refractivity contribution in [3.63, 3.8) is 0 Å². The highest BCUT2D eigenvalue weighted by Crippen LogP contribution is 3.02. The first-order valence-corrected chi connectivity index (χ1v) is 12.9. The second-order valence-corrected chi connectivity index (χ2v) is 12.6. The van der Waals surface area contributed by atoms with Crippen molar-refractivity contribution in [1.82, 2.24) is 0 Å². The Balaban J connectivity index is 2.71. The molecule has 0 amide bonds. The molecule has 2 rings (SSSR count). The molecule has 0 aliphatic rings. The molecular weight excluding hydrogens is 521 g/mol. The molecule has 0 saturated carbocycles. The first kappa shape index (κ1) is 22.7. The van der Waals surface area contributed by atoms with E-state index in [1.165, 1.54) is 6.07 Å². The van der Waals surface area contributed by atoms with Crippen LogP contribution in [0.5, 0.6) is 5.75 Å². The minimum atomic E-state index is -10.3. The number of halogens is 6. The molecule has 15 heteroatoms. The lowest BCUT2D eigenvalue weighted by Crippen LogP contribution is -2.15. The molecule has 6 nitrogen and oxygen atoms in total. The van der Waals surface area contributed by atoms with Gasteiger partial charge in [-0.05, 0) is 36.4 Å². The van der Waals surface area contributed by atoms with Gasteiger partial charge in [0, 0.05) is 10.7 Å². The fourth-order valence-corrected chi connectivity index (χ4v) is 5.11. The molecule has 0 saturated heterocycles. The zero-order valence-corrected chi connectivity index (χ0v) is 17.6. The molecule has 0 aliphatic carbocycles. The molecule has 2 N–H and O–H groups in total. The number of anilines is 1. The molecule has 0 radical (unpaired) electrons. The van der Waals surface area contributed by atoms with Crippen LogP contribution in [0.15, 0.2) is 55.6 Å². The van der Waals surface area contributed by atoms with Crippen molar-refractivity contribution in [2.75, 3.05) is 11.0 Å². The quantitative estimate of drug-likeness (QED) is 0.527. The summed E-state index contributed by atoms with van der Waals surface area (Å²) in [5, 5.41) is 9.67. The first-order chi connectivity index (χ1) is 12.2. The van der Waals surface area contributed by atoms with Crippen LogP contribution in [-0.4, -0.2) is 28.2 Å². The highest BCUT2D eigenvalue weighted by Gasteiger charge is 2.65. The summed E-state index contributed by atoms with van der Waals surface area (Å²) in [6, 6.07) is 3.10. The zero-order chi connectivity index (χ0) is 21.8. The van der Waals surface area contributed by atoms with Crippen LogP contribution >= 0.6 is 26.2 Å². The van der Waals surface area contributed by atoms with Gasteiger partial charge < -0.3 is 5.11 Å². The summed E-state index contributed by atoms with van der Waals surface area (Å²) < 4.78 is 115. The molecule has 0 heterocycles. The molecule has 0 aromatic heterocycles. The van der Waals surface area contributed by atoms with Crippen molar-refractivity contribution in [1.29, 1.82) is 0 Å². The van der Waals surface area contributed by atoms with E-state index in [9.17, 15) is 41.4 Å². The van der Waals surface area contributed by atoms with Crippen LogP contribution in [0.3, 0.4) is 0 Å². The standard InChI is InChI=1S/C13H11BrF5NO5S3/c1-26(22,23)10-5-9(6-11(7-10)28(15,16,17,18)19)20-27(24,25)13-4-8(14)2-3-12(13)21/h2-7,20-21H,1H3. The smallest absolute Gasteiger partial charge is 0.310 e. The summed E-state index contributed by atoms with van der Waals surface area (Å²) in [4.78, 5) is -4.53. The average Bonchev–Trinajstić information content (AvgIpc) is 2.45. The Hall–Kier alpha value is -1.58. The van der Waals surface area contributed by atoms with Crippen LogP contribution in [-0.2, 0) is 19.9 Å². The number of hydrogen-bond donors (Lipinski definition) is 2. The Kier molecular flexibility index (Phi) is 4.84. The second kappa shape index (κ2) is 5.96. The van der Waals surface area contributed by atoms with Crippen molar-refractivity contribution in [3.8, 4) is 5.75 Å². The van der Waals surface area contributed by atoms with Crippen molar-refractivity contribution in [2.45, 2.75) is 14.7 Å². The number of nitrogens with one attached hydrogen (secondary N) is 1. The molecule has 158 valence electrons. The van der Waals surface area contributed by atoms with Gasteiger partial charge in [-0.1, -0.05) is 35.4 Å². The van der Waals surface area contributed by atoms with Crippen LogP contribution in [0.2, 0.25) is 0 Å². The van der Waals surface area contributed by atoms with E-state index in [-0.39, 0.29) is 16.6 Å². The van der Waals surface area contributed by atoms with Gasteiger partial charge in [-0.25, -0.2) is 16.8 Å². The molecule has 0 bridgehead atoms. The molecule has 2 aromatic rings. The summed E-state index contributed by atoms with van der Waals surface area (Å²) in [6.07, 6.45) is 0.468. The van der Waals surface area contributed by atoms with Crippen molar-refractivity contribution in [3.05, 3.63) is 40.9 Å². The maximum Gasteiger partial charge on any atom is 0.310 e. The van der Waals surface area contributed by atoms with Gasteiger partial charge in [0.05, 0.1) is 10.6 Å². The number of hydrogen-bond acceptors (Lipinski definition) is 5. The molecule has 0 unspecified atom stereocenters. The van der Waals surface area contributed by atoms with E-state index >= 15 is 0 Å². The van der Waals surface area contributed by atoms with Crippen LogP contribution in [0, 0.1) is 0 Å². The number of sulfone groups is 1. The van der Waals surface area contributed by atoms with Gasteiger partial charge >= 0.3 is 10.2 Å². The van der Waals surface area contributed by atoms with E-state index in [2.05, 4.69) is 15.9 Å². The van der Waals surface area contributed by atoms with Crippen LogP contribution in [0.1, 0.15) is 0 Å². The minimum absolute atomic E-state index is 0.184. The monoisotopic (exact) mass is 531 g/mol. The molecular formula is C13H11BrF5NO5S3. The SMILES string of the molecule is CS(=O)(=O)c1cc(NS(=O)(=O)c2cc(Br)ccc2O)cc(S(F)(F)(F)(F)F)c1. The van der Waals surface area contributed by atoms with Gasteiger partial charge in [0.2, 0.25) is 0 Å². The third kappa shape index (κ3) is 5.27. The Morgan fingerprint density at radius 3 is 2.04 bits per heavy atom. The summed E-state index contributed by atoms with van der Waals surface area (Å²) in [5.41, 5.74) is -1.08. The number of benzene rings is 2. The number of aromatic hydroxyl groups is 1. The topological polar surface area (TPSA) is 101 Å². The minimum Gasteiger partial charge on any atom is -0.507 e. The third-order valence-electron chi connectivity index (χ3n) is 3.22. The van der Waals surface area contributed by atoms with Gasteiger partial charge in [0.25, 0.3) is 10.0 Å². The van der Waals surface area contributed by atoms with E-state index in [0.29, 0.717) is 12.3 Å². The summed E-state index contributed by atoms with van der Waals surface area (Å²) in [7, 11) is -19.5. The van der Waals surface area contributed by atoms with E-state index < -0.39 is 56.2 Å². The lowest BCUT2D eigenvalue weighted by molar-refractivity contribution is 0.363. The maximum atomic E-state index is 13.2. The number of sulfonamides is 1. The lowest BCUT2D eigenvalue weighted by Gasteiger charge is -2.40. The van der Waals surface area contributed by atoms with Crippen LogP contribution in [0.25, 0.3) is 0 Å². The van der Waals surface area contributed by atoms with Crippen molar-refractivity contribution in [2.24, 2.45) is 0 Å². The number of rotatable bonds is 5. The fourth-order valence-electron chi connectivity index (χ4n) is 1.98. The highest BCUT2D eigenvalue weighted by atomic mass is 79.9. The average molecular weight is 532 g/mol. The predicted octanol–water partition coefficient (Wildman–Crippen LogP) is 5.02.